The Morgan fingerprint density at radius 3 is 2.53 bits per heavy atom. The second-order valence-corrected chi connectivity index (χ2v) is 11.7. The molecule has 11 nitrogen and oxygen atoms in total. The molecule has 38 heavy (non-hydrogen) atoms. The van der Waals surface area contributed by atoms with Crippen LogP contribution in [0.25, 0.3) is 10.8 Å². The van der Waals surface area contributed by atoms with Gasteiger partial charge in [-0.3, -0.25) is 9.59 Å². The topological polar surface area (TPSA) is 162 Å². The van der Waals surface area contributed by atoms with Gasteiger partial charge in [0, 0.05) is 38.8 Å². The molecular weight excluding hydrogens is 510 g/mol. The van der Waals surface area contributed by atoms with E-state index >= 15 is 0 Å². The molecule has 5 N–H and O–H groups in total. The van der Waals surface area contributed by atoms with E-state index in [1.54, 1.807) is 17.0 Å². The van der Waals surface area contributed by atoms with E-state index in [2.05, 4.69) is 10.0 Å². The number of amides is 3. The van der Waals surface area contributed by atoms with Crippen LogP contribution in [0.1, 0.15) is 32.1 Å². The number of hydrogen-bond acceptors (Lipinski definition) is 6. The summed E-state index contributed by atoms with van der Waals surface area (Å²) < 4.78 is 29.2. The molecule has 2 aliphatic rings. The van der Waals surface area contributed by atoms with E-state index < -0.39 is 34.0 Å². The number of nitrogens with one attached hydrogen (secondary N) is 2. The number of likely N-dealkylation sites (tertiary alicyclic amines) is 1. The lowest BCUT2D eigenvalue weighted by Gasteiger charge is -2.31. The van der Waals surface area contributed by atoms with Gasteiger partial charge in [0.1, 0.15) is 6.04 Å². The molecule has 2 fully saturated rings. The predicted molar refractivity (Wildman–Crippen MR) is 142 cm³/mol. The van der Waals surface area contributed by atoms with Crippen LogP contribution in [0.5, 0.6) is 0 Å². The van der Waals surface area contributed by atoms with Crippen molar-refractivity contribution in [1.82, 2.24) is 19.8 Å². The monoisotopic (exact) mass is 545 g/mol. The van der Waals surface area contributed by atoms with Crippen LogP contribution >= 0.6 is 0 Å². The number of fused-ring (bicyclic) bond motifs is 1. The summed E-state index contributed by atoms with van der Waals surface area (Å²) in [6, 6.07) is 10.7. The van der Waals surface area contributed by atoms with Gasteiger partial charge in [0.25, 0.3) is 0 Å². The number of hydrogen-bond donors (Lipinski definition) is 4. The molecule has 12 heteroatoms. The standard InChI is InChI=1S/C26H35N5O6S/c27-11-13-31(21-8-9-21)25(33)23(15-24(32)28-16-18-4-3-12-30(17-18)26(34)35)29-38(36,37)22-10-7-19-5-1-2-6-20(19)14-22/h1-2,5-7,10,14,18,21,23,29H,3-4,8-9,11-13,15-17,27H2,(H,28,32)(H,34,35). The van der Waals surface area contributed by atoms with Gasteiger partial charge in [-0.05, 0) is 54.5 Å². The molecule has 2 atom stereocenters. The minimum atomic E-state index is -4.13. The molecule has 0 spiro atoms. The summed E-state index contributed by atoms with van der Waals surface area (Å²) in [6.45, 7) is 1.52. The Hall–Kier alpha value is -3.22. The van der Waals surface area contributed by atoms with Crippen LogP contribution in [0.15, 0.2) is 47.4 Å². The van der Waals surface area contributed by atoms with Gasteiger partial charge < -0.3 is 26.0 Å². The Labute approximate surface area is 222 Å². The summed E-state index contributed by atoms with van der Waals surface area (Å²) >= 11 is 0. The highest BCUT2D eigenvalue weighted by Crippen LogP contribution is 2.28. The van der Waals surface area contributed by atoms with Crippen LogP contribution < -0.4 is 15.8 Å². The van der Waals surface area contributed by atoms with Crippen molar-refractivity contribution in [3.05, 3.63) is 42.5 Å². The molecule has 2 aromatic carbocycles. The summed E-state index contributed by atoms with van der Waals surface area (Å²) in [5, 5.41) is 13.6. The predicted octanol–water partition coefficient (Wildman–Crippen LogP) is 1.33. The lowest BCUT2D eigenvalue weighted by atomic mass is 9.98. The number of carboxylic acid groups (broad SMARTS) is 1. The fourth-order valence-corrected chi connectivity index (χ4v) is 6.11. The average molecular weight is 546 g/mol. The Morgan fingerprint density at radius 2 is 1.84 bits per heavy atom. The van der Waals surface area contributed by atoms with E-state index in [0.717, 1.165) is 30.0 Å². The first-order valence-corrected chi connectivity index (χ1v) is 14.4. The van der Waals surface area contributed by atoms with Gasteiger partial charge >= 0.3 is 6.09 Å². The maximum atomic E-state index is 13.5. The number of carbonyl (C=O) groups excluding carboxylic acids is 2. The highest BCUT2D eigenvalue weighted by Gasteiger charge is 2.38. The molecular formula is C26H35N5O6S. The van der Waals surface area contributed by atoms with Gasteiger partial charge in [0.2, 0.25) is 21.8 Å². The molecule has 4 rings (SSSR count). The van der Waals surface area contributed by atoms with Crippen LogP contribution in [0, 0.1) is 5.92 Å². The molecule has 1 aliphatic carbocycles. The van der Waals surface area contributed by atoms with Crippen molar-refractivity contribution in [2.45, 2.75) is 49.1 Å². The van der Waals surface area contributed by atoms with Crippen molar-refractivity contribution in [2.75, 3.05) is 32.7 Å². The van der Waals surface area contributed by atoms with Crippen molar-refractivity contribution in [3.8, 4) is 0 Å². The Kier molecular flexibility index (Phi) is 8.85. The number of benzene rings is 2. The summed E-state index contributed by atoms with van der Waals surface area (Å²) in [6.07, 6.45) is 1.72. The van der Waals surface area contributed by atoms with Crippen LogP contribution in [0.2, 0.25) is 0 Å². The smallest absolute Gasteiger partial charge is 0.407 e. The molecule has 0 aromatic heterocycles. The molecule has 1 saturated carbocycles. The summed E-state index contributed by atoms with van der Waals surface area (Å²) in [4.78, 5) is 40.6. The third kappa shape index (κ3) is 7.00. The van der Waals surface area contributed by atoms with Gasteiger partial charge in [0.15, 0.2) is 0 Å². The first-order valence-electron chi connectivity index (χ1n) is 12.9. The number of rotatable bonds is 11. The average Bonchev–Trinajstić information content (AvgIpc) is 3.75. The Balaban J connectivity index is 1.48. The van der Waals surface area contributed by atoms with Crippen molar-refractivity contribution in [2.24, 2.45) is 11.7 Å². The van der Waals surface area contributed by atoms with Crippen molar-refractivity contribution in [1.29, 1.82) is 0 Å². The van der Waals surface area contributed by atoms with Gasteiger partial charge in [-0.25, -0.2) is 13.2 Å². The first kappa shape index (κ1) is 27.8. The molecule has 2 aromatic rings. The second-order valence-electron chi connectivity index (χ2n) is 9.98. The Morgan fingerprint density at radius 1 is 1.11 bits per heavy atom. The van der Waals surface area contributed by atoms with Crippen LogP contribution in [-0.4, -0.2) is 86.0 Å². The van der Waals surface area contributed by atoms with Gasteiger partial charge in [-0.2, -0.15) is 4.72 Å². The number of sulfonamides is 1. The van der Waals surface area contributed by atoms with Crippen LogP contribution in [0.4, 0.5) is 4.79 Å². The van der Waals surface area contributed by atoms with Crippen LogP contribution in [-0.2, 0) is 19.6 Å². The van der Waals surface area contributed by atoms with E-state index in [4.69, 9.17) is 5.73 Å². The third-order valence-electron chi connectivity index (χ3n) is 7.03. The highest BCUT2D eigenvalue weighted by molar-refractivity contribution is 7.89. The fraction of sp³-hybridized carbons (Fsp3) is 0.500. The number of nitrogens with zero attached hydrogens (tertiary/aromatic N) is 2. The molecule has 1 aliphatic heterocycles. The van der Waals surface area contributed by atoms with E-state index in [-0.39, 0.29) is 42.9 Å². The number of piperidine rings is 1. The SMILES string of the molecule is NCCN(C(=O)C(CC(=O)NCC1CCCN(C(=O)O)C1)NS(=O)(=O)c1ccc2ccccc2c1)C1CC1. The number of nitrogens with two attached hydrogens (primary N) is 1. The second kappa shape index (κ2) is 12.1. The zero-order valence-corrected chi connectivity index (χ0v) is 22.0. The van der Waals surface area contributed by atoms with Crippen LogP contribution in [0.3, 0.4) is 0 Å². The molecule has 1 saturated heterocycles. The summed E-state index contributed by atoms with van der Waals surface area (Å²) in [5.74, 6) is -1.01. The Bertz CT molecular complexity index is 1280. The van der Waals surface area contributed by atoms with Crippen molar-refractivity contribution in [3.63, 3.8) is 0 Å². The zero-order valence-electron chi connectivity index (χ0n) is 21.2. The third-order valence-corrected chi connectivity index (χ3v) is 8.50. The van der Waals surface area contributed by atoms with E-state index in [1.165, 1.54) is 17.0 Å². The van der Waals surface area contributed by atoms with Gasteiger partial charge in [0.05, 0.1) is 11.3 Å². The highest BCUT2D eigenvalue weighted by atomic mass is 32.2. The maximum absolute atomic E-state index is 13.5. The first-order chi connectivity index (χ1) is 18.2. The molecule has 0 bridgehead atoms. The molecule has 0 radical (unpaired) electrons. The molecule has 1 heterocycles. The lowest BCUT2D eigenvalue weighted by molar-refractivity contribution is -0.136. The normalized spacial score (nSPS) is 18.7. The van der Waals surface area contributed by atoms with E-state index in [1.807, 2.05) is 18.2 Å². The van der Waals surface area contributed by atoms with Gasteiger partial charge in [-0.15, -0.1) is 0 Å². The molecule has 206 valence electrons. The minimum absolute atomic E-state index is 0.00201. The lowest BCUT2D eigenvalue weighted by Crippen LogP contribution is -2.52. The van der Waals surface area contributed by atoms with Crippen molar-refractivity contribution < 1.29 is 27.9 Å². The zero-order chi connectivity index (χ0) is 27.3. The minimum Gasteiger partial charge on any atom is -0.465 e. The van der Waals surface area contributed by atoms with Crippen molar-refractivity contribution >= 4 is 38.7 Å². The van der Waals surface area contributed by atoms with E-state index in [0.29, 0.717) is 19.5 Å². The molecule has 2 unspecified atom stereocenters. The number of carbonyl (C=O) groups is 3. The quantitative estimate of drug-likeness (QED) is 0.331. The van der Waals surface area contributed by atoms with Gasteiger partial charge in [-0.1, -0.05) is 30.3 Å². The molecule has 3 amide bonds. The summed E-state index contributed by atoms with van der Waals surface area (Å²) in [7, 11) is -4.13. The van der Waals surface area contributed by atoms with E-state index in [9.17, 15) is 27.9 Å². The largest absolute Gasteiger partial charge is 0.465 e. The summed E-state index contributed by atoms with van der Waals surface area (Å²) in [5.41, 5.74) is 5.71. The fourth-order valence-electron chi connectivity index (χ4n) is 4.89. The maximum Gasteiger partial charge on any atom is 0.407 e.